The number of epoxide rings is 1. The fourth-order valence-corrected chi connectivity index (χ4v) is 2.25. The van der Waals surface area contributed by atoms with E-state index in [4.69, 9.17) is 9.47 Å². The van der Waals surface area contributed by atoms with E-state index >= 15 is 0 Å². The van der Waals surface area contributed by atoms with Crippen molar-refractivity contribution in [3.05, 3.63) is 33.9 Å². The lowest BCUT2D eigenvalue weighted by atomic mass is 9.93. The van der Waals surface area contributed by atoms with Gasteiger partial charge in [0.1, 0.15) is 12.7 Å². The van der Waals surface area contributed by atoms with E-state index in [2.05, 4.69) is 6.07 Å². The fourth-order valence-electron chi connectivity index (χ4n) is 2.25. The van der Waals surface area contributed by atoms with E-state index in [0.29, 0.717) is 6.61 Å². The van der Waals surface area contributed by atoms with Gasteiger partial charge in [-0.25, -0.2) is 4.79 Å². The maximum absolute atomic E-state index is 11.5. The summed E-state index contributed by atoms with van der Waals surface area (Å²) < 4.78 is 10.4. The van der Waals surface area contributed by atoms with Crippen LogP contribution in [0.1, 0.15) is 38.7 Å². The Labute approximate surface area is 88.0 Å². The van der Waals surface area contributed by atoms with Crippen LogP contribution in [-0.4, -0.2) is 12.6 Å². The molecule has 15 heavy (non-hydrogen) atoms. The average Bonchev–Trinajstić information content (AvgIpc) is 2.96. The topological polar surface area (TPSA) is 38.8 Å². The van der Waals surface area contributed by atoms with Crippen molar-refractivity contribution in [2.75, 3.05) is 6.61 Å². The summed E-state index contributed by atoms with van der Waals surface area (Å²) in [6.07, 6.45) is 0.240. The molecular weight excluding hydrogens is 192 g/mol. The standard InChI is InChI=1S/C12H12O3/c1-6-3-8(10-5-14-10)7(2)9-4-15-12(13)11(6)9/h3,10H,4-5H2,1-2H3. The minimum Gasteiger partial charge on any atom is -0.457 e. The van der Waals surface area contributed by atoms with Crippen molar-refractivity contribution in [2.24, 2.45) is 0 Å². The van der Waals surface area contributed by atoms with Gasteiger partial charge in [-0.1, -0.05) is 6.07 Å². The Bertz CT molecular complexity index is 458. The van der Waals surface area contributed by atoms with E-state index in [1.165, 1.54) is 5.56 Å². The van der Waals surface area contributed by atoms with Crippen molar-refractivity contribution in [2.45, 2.75) is 26.6 Å². The number of esters is 1. The summed E-state index contributed by atoms with van der Waals surface area (Å²) in [5, 5.41) is 0. The van der Waals surface area contributed by atoms with Crippen molar-refractivity contribution in [3.8, 4) is 0 Å². The molecule has 0 aromatic heterocycles. The number of hydrogen-bond acceptors (Lipinski definition) is 3. The Morgan fingerprint density at radius 3 is 2.80 bits per heavy atom. The predicted molar refractivity (Wildman–Crippen MR) is 53.7 cm³/mol. The summed E-state index contributed by atoms with van der Waals surface area (Å²) in [5.41, 5.74) is 5.18. The predicted octanol–water partition coefficient (Wildman–Crippen LogP) is 2.05. The first-order valence-corrected chi connectivity index (χ1v) is 5.10. The maximum atomic E-state index is 11.5. The molecule has 3 rings (SSSR count). The lowest BCUT2D eigenvalue weighted by molar-refractivity contribution is 0.0534. The second-order valence-corrected chi connectivity index (χ2v) is 4.16. The highest BCUT2D eigenvalue weighted by Crippen LogP contribution is 2.37. The van der Waals surface area contributed by atoms with E-state index in [1.54, 1.807) is 0 Å². The highest BCUT2D eigenvalue weighted by atomic mass is 16.6. The molecular formula is C12H12O3. The molecule has 78 valence electrons. The molecule has 2 heterocycles. The van der Waals surface area contributed by atoms with Gasteiger partial charge >= 0.3 is 5.97 Å². The number of ether oxygens (including phenoxy) is 2. The summed E-state index contributed by atoms with van der Waals surface area (Å²) >= 11 is 0. The van der Waals surface area contributed by atoms with E-state index < -0.39 is 0 Å². The van der Waals surface area contributed by atoms with Crippen molar-refractivity contribution >= 4 is 5.97 Å². The zero-order chi connectivity index (χ0) is 10.6. The maximum Gasteiger partial charge on any atom is 0.339 e. The van der Waals surface area contributed by atoms with Crippen LogP contribution in [0, 0.1) is 13.8 Å². The monoisotopic (exact) mass is 204 g/mol. The van der Waals surface area contributed by atoms with Crippen molar-refractivity contribution in [1.29, 1.82) is 0 Å². The lowest BCUT2D eigenvalue weighted by Crippen LogP contribution is -2.01. The van der Waals surface area contributed by atoms with Gasteiger partial charge in [0.05, 0.1) is 12.2 Å². The number of hydrogen-bond donors (Lipinski definition) is 0. The number of carbonyl (C=O) groups excluding carboxylic acids is 1. The molecule has 0 aliphatic carbocycles. The van der Waals surface area contributed by atoms with Crippen LogP contribution in [0.15, 0.2) is 6.07 Å². The second kappa shape index (κ2) is 2.83. The van der Waals surface area contributed by atoms with Crippen LogP contribution >= 0.6 is 0 Å². The summed E-state index contributed by atoms with van der Waals surface area (Å²) in [6.45, 7) is 5.21. The minimum absolute atomic E-state index is 0.186. The van der Waals surface area contributed by atoms with Crippen LogP contribution < -0.4 is 0 Å². The number of benzene rings is 1. The molecule has 1 aromatic rings. The van der Waals surface area contributed by atoms with Gasteiger partial charge in [-0.3, -0.25) is 0 Å². The van der Waals surface area contributed by atoms with Crippen LogP contribution in [0.2, 0.25) is 0 Å². The number of rotatable bonds is 1. The molecule has 2 aliphatic rings. The van der Waals surface area contributed by atoms with Gasteiger partial charge in [-0.05, 0) is 30.5 Å². The molecule has 0 radical (unpaired) electrons. The first kappa shape index (κ1) is 8.92. The zero-order valence-corrected chi connectivity index (χ0v) is 8.79. The quantitative estimate of drug-likeness (QED) is 0.519. The molecule has 1 saturated heterocycles. The molecule has 0 N–H and O–H groups in total. The Morgan fingerprint density at radius 2 is 2.13 bits per heavy atom. The lowest BCUT2D eigenvalue weighted by Gasteiger charge is -2.09. The fraction of sp³-hybridized carbons (Fsp3) is 0.417. The van der Waals surface area contributed by atoms with Crippen molar-refractivity contribution in [3.63, 3.8) is 0 Å². The molecule has 1 atom stereocenters. The molecule has 1 fully saturated rings. The largest absolute Gasteiger partial charge is 0.457 e. The Hall–Kier alpha value is -1.35. The van der Waals surface area contributed by atoms with Gasteiger partial charge in [0, 0.05) is 5.56 Å². The highest BCUT2D eigenvalue weighted by Gasteiger charge is 2.32. The Kier molecular flexibility index (Phi) is 1.68. The third-order valence-electron chi connectivity index (χ3n) is 3.19. The first-order valence-electron chi connectivity index (χ1n) is 5.10. The number of carbonyl (C=O) groups is 1. The molecule has 3 heteroatoms. The number of fused-ring (bicyclic) bond motifs is 1. The molecule has 2 aliphatic heterocycles. The van der Waals surface area contributed by atoms with Gasteiger partial charge in [-0.15, -0.1) is 0 Å². The second-order valence-electron chi connectivity index (χ2n) is 4.16. The Morgan fingerprint density at radius 1 is 1.40 bits per heavy atom. The zero-order valence-electron chi connectivity index (χ0n) is 8.79. The summed E-state index contributed by atoms with van der Waals surface area (Å²) in [4.78, 5) is 11.5. The summed E-state index contributed by atoms with van der Waals surface area (Å²) in [6, 6.07) is 2.05. The SMILES string of the molecule is Cc1cc(C2CO2)c(C)c2c1C(=O)OC2. The normalized spacial score (nSPS) is 22.5. The van der Waals surface area contributed by atoms with E-state index in [9.17, 15) is 4.79 Å². The highest BCUT2D eigenvalue weighted by molar-refractivity contribution is 5.95. The van der Waals surface area contributed by atoms with Crippen LogP contribution in [0.3, 0.4) is 0 Å². The molecule has 1 unspecified atom stereocenters. The molecule has 0 bridgehead atoms. The van der Waals surface area contributed by atoms with E-state index in [0.717, 1.165) is 28.9 Å². The summed E-state index contributed by atoms with van der Waals surface area (Å²) in [7, 11) is 0. The first-order chi connectivity index (χ1) is 7.18. The van der Waals surface area contributed by atoms with Crippen LogP contribution in [-0.2, 0) is 16.1 Å². The van der Waals surface area contributed by atoms with E-state index in [-0.39, 0.29) is 12.1 Å². The smallest absolute Gasteiger partial charge is 0.339 e. The summed E-state index contributed by atoms with van der Waals surface area (Å²) in [5.74, 6) is -0.186. The van der Waals surface area contributed by atoms with Gasteiger partial charge in [-0.2, -0.15) is 0 Å². The van der Waals surface area contributed by atoms with E-state index in [1.807, 2.05) is 13.8 Å². The van der Waals surface area contributed by atoms with Gasteiger partial charge in [0.2, 0.25) is 0 Å². The Balaban J connectivity index is 2.23. The van der Waals surface area contributed by atoms with Crippen molar-refractivity contribution in [1.82, 2.24) is 0 Å². The molecule has 0 amide bonds. The number of aryl methyl sites for hydroxylation is 1. The van der Waals surface area contributed by atoms with Crippen LogP contribution in [0.5, 0.6) is 0 Å². The van der Waals surface area contributed by atoms with Gasteiger partial charge in [0.15, 0.2) is 0 Å². The minimum atomic E-state index is -0.186. The molecule has 1 aromatic carbocycles. The third-order valence-corrected chi connectivity index (χ3v) is 3.19. The molecule has 3 nitrogen and oxygen atoms in total. The van der Waals surface area contributed by atoms with Gasteiger partial charge in [0.25, 0.3) is 0 Å². The average molecular weight is 204 g/mol. The molecule has 0 saturated carbocycles. The third kappa shape index (κ3) is 1.20. The molecule has 0 spiro atoms. The van der Waals surface area contributed by atoms with Crippen molar-refractivity contribution < 1.29 is 14.3 Å². The van der Waals surface area contributed by atoms with Crippen LogP contribution in [0.25, 0.3) is 0 Å². The van der Waals surface area contributed by atoms with Crippen LogP contribution in [0.4, 0.5) is 0 Å². The van der Waals surface area contributed by atoms with Gasteiger partial charge < -0.3 is 9.47 Å². The number of cyclic esters (lactones) is 1.